The maximum atomic E-state index is 11.9. The minimum Gasteiger partial charge on any atom is -0.466 e. The SMILES string of the molecule is O=C(O)NCCC1CN(c2cnc3c(c2)NC(=O)CO3)C(=O)O1. The number of amides is 3. The third-order valence-electron chi connectivity index (χ3n) is 3.38. The summed E-state index contributed by atoms with van der Waals surface area (Å²) < 4.78 is 10.3. The highest BCUT2D eigenvalue weighted by atomic mass is 16.6. The summed E-state index contributed by atoms with van der Waals surface area (Å²) >= 11 is 0. The molecule has 1 aromatic rings. The largest absolute Gasteiger partial charge is 0.466 e. The second-order valence-electron chi connectivity index (χ2n) is 5.02. The highest BCUT2D eigenvalue weighted by molar-refractivity contribution is 5.96. The molecule has 0 spiro atoms. The Balaban J connectivity index is 1.67. The molecule has 10 heteroatoms. The fourth-order valence-corrected chi connectivity index (χ4v) is 2.34. The summed E-state index contributed by atoms with van der Waals surface area (Å²) in [7, 11) is 0. The summed E-state index contributed by atoms with van der Waals surface area (Å²) in [5.41, 5.74) is 0.857. The van der Waals surface area contributed by atoms with Crippen LogP contribution in [0.5, 0.6) is 5.88 Å². The monoisotopic (exact) mass is 322 g/mol. The summed E-state index contributed by atoms with van der Waals surface area (Å²) in [5, 5.41) is 13.4. The molecule has 0 bridgehead atoms. The van der Waals surface area contributed by atoms with Crippen molar-refractivity contribution in [2.45, 2.75) is 12.5 Å². The number of rotatable bonds is 4. The number of nitrogens with zero attached hydrogens (tertiary/aromatic N) is 2. The van der Waals surface area contributed by atoms with Crippen molar-refractivity contribution < 1.29 is 29.0 Å². The van der Waals surface area contributed by atoms with Crippen molar-refractivity contribution in [3.05, 3.63) is 12.3 Å². The van der Waals surface area contributed by atoms with Gasteiger partial charge >= 0.3 is 12.2 Å². The van der Waals surface area contributed by atoms with E-state index in [4.69, 9.17) is 14.6 Å². The van der Waals surface area contributed by atoms with Gasteiger partial charge in [-0.1, -0.05) is 0 Å². The Bertz CT molecular complexity index is 664. The maximum Gasteiger partial charge on any atom is 0.414 e. The van der Waals surface area contributed by atoms with Crippen molar-refractivity contribution in [3.8, 4) is 5.88 Å². The quantitative estimate of drug-likeness (QED) is 0.731. The van der Waals surface area contributed by atoms with Gasteiger partial charge in [0.05, 0.1) is 18.4 Å². The number of cyclic esters (lactones) is 1. The second-order valence-corrected chi connectivity index (χ2v) is 5.02. The molecule has 3 N–H and O–H groups in total. The Labute approximate surface area is 130 Å². The third-order valence-corrected chi connectivity index (χ3v) is 3.38. The lowest BCUT2D eigenvalue weighted by Crippen LogP contribution is -2.29. The number of anilines is 2. The first-order valence-corrected chi connectivity index (χ1v) is 6.90. The van der Waals surface area contributed by atoms with Gasteiger partial charge in [0, 0.05) is 13.0 Å². The zero-order valence-electron chi connectivity index (χ0n) is 11.9. The van der Waals surface area contributed by atoms with Crippen LogP contribution in [0, 0.1) is 0 Å². The Morgan fingerprint density at radius 2 is 2.35 bits per heavy atom. The van der Waals surface area contributed by atoms with Gasteiger partial charge in [0.15, 0.2) is 6.61 Å². The predicted molar refractivity (Wildman–Crippen MR) is 76.6 cm³/mol. The Hall–Kier alpha value is -3.04. The van der Waals surface area contributed by atoms with Gasteiger partial charge < -0.3 is 25.2 Å². The summed E-state index contributed by atoms with van der Waals surface area (Å²) in [4.78, 5) is 39.1. The molecule has 1 saturated heterocycles. The van der Waals surface area contributed by atoms with Gasteiger partial charge in [0.2, 0.25) is 5.88 Å². The zero-order chi connectivity index (χ0) is 16.4. The van der Waals surface area contributed by atoms with Crippen molar-refractivity contribution in [1.82, 2.24) is 10.3 Å². The summed E-state index contributed by atoms with van der Waals surface area (Å²) in [6, 6.07) is 1.58. The van der Waals surface area contributed by atoms with Crippen molar-refractivity contribution in [2.24, 2.45) is 0 Å². The van der Waals surface area contributed by atoms with Crippen LogP contribution in [0.1, 0.15) is 6.42 Å². The number of hydrogen-bond acceptors (Lipinski definition) is 6. The van der Waals surface area contributed by atoms with Crippen molar-refractivity contribution >= 4 is 29.5 Å². The molecule has 3 rings (SSSR count). The maximum absolute atomic E-state index is 11.9. The molecule has 0 radical (unpaired) electrons. The van der Waals surface area contributed by atoms with Gasteiger partial charge in [-0.05, 0) is 6.07 Å². The summed E-state index contributed by atoms with van der Waals surface area (Å²) in [6.45, 7) is 0.368. The third kappa shape index (κ3) is 3.25. The normalized spacial score (nSPS) is 19.5. The van der Waals surface area contributed by atoms with Crippen LogP contribution in [0.3, 0.4) is 0 Å². The molecule has 0 aromatic carbocycles. The Morgan fingerprint density at radius 1 is 1.52 bits per heavy atom. The van der Waals surface area contributed by atoms with E-state index < -0.39 is 18.3 Å². The standard InChI is InChI=1S/C13H14N4O6/c18-10-6-22-11-9(16-10)3-7(4-15-11)17-5-8(23-13(17)21)1-2-14-12(19)20/h3-4,8,14H,1-2,5-6H2,(H,16,18)(H,19,20). The van der Waals surface area contributed by atoms with E-state index >= 15 is 0 Å². The first kappa shape index (κ1) is 14.9. The zero-order valence-corrected chi connectivity index (χ0v) is 11.9. The van der Waals surface area contributed by atoms with E-state index in [9.17, 15) is 14.4 Å². The lowest BCUT2D eigenvalue weighted by Gasteiger charge is -2.19. The van der Waals surface area contributed by atoms with E-state index in [1.54, 1.807) is 6.07 Å². The van der Waals surface area contributed by atoms with Crippen LogP contribution in [0.15, 0.2) is 12.3 Å². The molecule has 10 nitrogen and oxygen atoms in total. The first-order chi connectivity index (χ1) is 11.0. The lowest BCUT2D eigenvalue weighted by molar-refractivity contribution is -0.118. The van der Waals surface area contributed by atoms with Gasteiger partial charge in [-0.15, -0.1) is 0 Å². The van der Waals surface area contributed by atoms with Crippen LogP contribution in [-0.4, -0.2) is 54.0 Å². The van der Waals surface area contributed by atoms with Crippen molar-refractivity contribution in [2.75, 3.05) is 29.9 Å². The molecule has 2 aliphatic heterocycles. The topological polar surface area (TPSA) is 130 Å². The average Bonchev–Trinajstić information content (AvgIpc) is 2.87. The second kappa shape index (κ2) is 5.99. The molecule has 1 atom stereocenters. The number of fused-ring (bicyclic) bond motifs is 1. The number of carbonyl (C=O) groups is 3. The molecule has 3 amide bonds. The first-order valence-electron chi connectivity index (χ1n) is 6.90. The molecule has 1 unspecified atom stereocenters. The number of hydrogen-bond donors (Lipinski definition) is 3. The van der Waals surface area contributed by atoms with Crippen LogP contribution in [0.4, 0.5) is 21.0 Å². The number of ether oxygens (including phenoxy) is 2. The molecule has 122 valence electrons. The number of aromatic nitrogens is 1. The summed E-state index contributed by atoms with van der Waals surface area (Å²) in [6.07, 6.45) is -0.269. The van der Waals surface area contributed by atoms with E-state index in [-0.39, 0.29) is 25.6 Å². The fourth-order valence-electron chi connectivity index (χ4n) is 2.34. The molecule has 1 fully saturated rings. The van der Waals surface area contributed by atoms with Crippen LogP contribution in [-0.2, 0) is 9.53 Å². The van der Waals surface area contributed by atoms with E-state index in [2.05, 4.69) is 15.6 Å². The predicted octanol–water partition coefficient (Wildman–Crippen LogP) is 0.395. The van der Waals surface area contributed by atoms with Crippen molar-refractivity contribution in [3.63, 3.8) is 0 Å². The van der Waals surface area contributed by atoms with E-state index in [0.717, 1.165) is 0 Å². The van der Waals surface area contributed by atoms with E-state index in [1.807, 2.05) is 0 Å². The molecule has 23 heavy (non-hydrogen) atoms. The molecule has 3 heterocycles. The summed E-state index contributed by atoms with van der Waals surface area (Å²) in [5.74, 6) is 0.00110. The van der Waals surface area contributed by atoms with Gasteiger partial charge in [-0.25, -0.2) is 14.6 Å². The van der Waals surface area contributed by atoms with E-state index in [0.29, 0.717) is 23.7 Å². The number of nitrogens with one attached hydrogen (secondary N) is 2. The van der Waals surface area contributed by atoms with Gasteiger partial charge in [0.25, 0.3) is 5.91 Å². The number of pyridine rings is 1. The van der Waals surface area contributed by atoms with Crippen molar-refractivity contribution in [1.29, 1.82) is 0 Å². The van der Waals surface area contributed by atoms with Gasteiger partial charge in [-0.3, -0.25) is 9.69 Å². The molecule has 1 aromatic heterocycles. The number of carbonyl (C=O) groups excluding carboxylic acids is 2. The van der Waals surface area contributed by atoms with E-state index in [1.165, 1.54) is 11.1 Å². The highest BCUT2D eigenvalue weighted by Crippen LogP contribution is 2.31. The Morgan fingerprint density at radius 3 is 3.13 bits per heavy atom. The molecular weight excluding hydrogens is 308 g/mol. The molecular formula is C13H14N4O6. The number of carboxylic acid groups (broad SMARTS) is 1. The average molecular weight is 322 g/mol. The van der Waals surface area contributed by atoms with Crippen LogP contribution >= 0.6 is 0 Å². The molecule has 0 aliphatic carbocycles. The minimum atomic E-state index is -1.12. The Kier molecular flexibility index (Phi) is 3.87. The van der Waals surface area contributed by atoms with Crippen LogP contribution in [0.2, 0.25) is 0 Å². The van der Waals surface area contributed by atoms with Crippen LogP contribution < -0.4 is 20.3 Å². The van der Waals surface area contributed by atoms with Gasteiger partial charge in [0.1, 0.15) is 11.8 Å². The van der Waals surface area contributed by atoms with Gasteiger partial charge in [-0.2, -0.15) is 0 Å². The minimum absolute atomic E-state index is 0.0935. The fraction of sp³-hybridized carbons (Fsp3) is 0.385. The lowest BCUT2D eigenvalue weighted by atomic mass is 10.2. The highest BCUT2D eigenvalue weighted by Gasteiger charge is 2.33. The molecule has 0 saturated carbocycles. The molecule has 2 aliphatic rings. The smallest absolute Gasteiger partial charge is 0.414 e. The van der Waals surface area contributed by atoms with Crippen LogP contribution in [0.25, 0.3) is 0 Å².